The number of imide groups is 1. The fourth-order valence-corrected chi connectivity index (χ4v) is 1.52. The van der Waals surface area contributed by atoms with Crippen LogP contribution in [0.15, 0.2) is 12.3 Å². The Morgan fingerprint density at radius 2 is 1.48 bits per heavy atom. The molecule has 0 radical (unpaired) electrons. The molecule has 0 N–H and O–H groups in total. The van der Waals surface area contributed by atoms with Crippen molar-refractivity contribution in [2.75, 3.05) is 4.90 Å². The first-order chi connectivity index (χ1) is 10.3. The molecule has 0 saturated heterocycles. The molecule has 0 aliphatic rings. The van der Waals surface area contributed by atoms with Gasteiger partial charge < -0.3 is 9.47 Å². The number of hydrogen-bond acceptors (Lipinski definition) is 5. The number of carbonyl (C=O) groups excluding carboxylic acids is 2. The lowest BCUT2D eigenvalue weighted by Crippen LogP contribution is -2.44. The molecule has 23 heavy (non-hydrogen) atoms. The largest absolute Gasteiger partial charge is 0.443 e. The number of rotatable bonds is 1. The van der Waals surface area contributed by atoms with E-state index >= 15 is 0 Å². The minimum atomic E-state index is -0.940. The molecule has 0 aliphatic heterocycles. The van der Waals surface area contributed by atoms with Crippen LogP contribution in [0.5, 0.6) is 0 Å². The van der Waals surface area contributed by atoms with E-state index < -0.39 is 29.2 Å². The molecule has 0 atom stereocenters. The van der Waals surface area contributed by atoms with Gasteiger partial charge in [-0.05, 0) is 60.1 Å². The minimum absolute atomic E-state index is 0.0626. The van der Waals surface area contributed by atoms with E-state index in [1.165, 1.54) is 13.0 Å². The molecule has 1 rings (SSSR count). The number of nitrogens with zero attached hydrogens (tertiary/aromatic N) is 2. The third kappa shape index (κ3) is 5.84. The third-order valence-electron chi connectivity index (χ3n) is 2.41. The summed E-state index contributed by atoms with van der Waals surface area (Å²) >= 11 is 0. The van der Waals surface area contributed by atoms with Gasteiger partial charge in [-0.3, -0.25) is 0 Å². The molecule has 1 aromatic rings. The van der Waals surface area contributed by atoms with Gasteiger partial charge in [-0.15, -0.1) is 0 Å². The van der Waals surface area contributed by atoms with E-state index in [9.17, 15) is 14.0 Å². The zero-order valence-corrected chi connectivity index (χ0v) is 14.6. The van der Waals surface area contributed by atoms with Gasteiger partial charge in [0.2, 0.25) is 0 Å². The maximum atomic E-state index is 13.4. The molecule has 0 fully saturated rings. The summed E-state index contributed by atoms with van der Waals surface area (Å²) in [4.78, 5) is 29.2. The number of anilines is 1. The third-order valence-corrected chi connectivity index (χ3v) is 2.41. The Morgan fingerprint density at radius 3 is 1.83 bits per heavy atom. The summed E-state index contributed by atoms with van der Waals surface area (Å²) in [6.07, 6.45) is -0.942. The predicted molar refractivity (Wildman–Crippen MR) is 83.9 cm³/mol. The van der Waals surface area contributed by atoms with E-state index in [4.69, 9.17) is 9.47 Å². The fourth-order valence-electron chi connectivity index (χ4n) is 1.52. The van der Waals surface area contributed by atoms with Crippen LogP contribution in [0.3, 0.4) is 0 Å². The molecule has 0 aromatic carbocycles. The number of aromatic nitrogens is 1. The molecule has 0 saturated carbocycles. The minimum Gasteiger partial charge on any atom is -0.443 e. The molecule has 128 valence electrons. The predicted octanol–water partition coefficient (Wildman–Crippen LogP) is 4.21. The number of halogens is 1. The van der Waals surface area contributed by atoms with E-state index in [0.29, 0.717) is 4.90 Å². The van der Waals surface area contributed by atoms with Gasteiger partial charge in [0.15, 0.2) is 0 Å². The molecular formula is C16H23FN2O4. The summed E-state index contributed by atoms with van der Waals surface area (Å²) in [6, 6.07) is 1.28. The van der Waals surface area contributed by atoms with Crippen molar-refractivity contribution in [1.82, 2.24) is 4.98 Å². The molecule has 0 spiro atoms. The second-order valence-corrected chi connectivity index (χ2v) is 7.09. The highest BCUT2D eigenvalue weighted by Gasteiger charge is 2.33. The SMILES string of the molecule is Cc1cc(N(C(=O)OC(C)(C)C)C(=O)OC(C)(C)C)ncc1F. The fraction of sp³-hybridized carbons (Fsp3) is 0.562. The Hall–Kier alpha value is -2.18. The van der Waals surface area contributed by atoms with Crippen LogP contribution >= 0.6 is 0 Å². The quantitative estimate of drug-likeness (QED) is 0.773. The Balaban J connectivity index is 3.22. The number of carbonyl (C=O) groups is 2. The zero-order valence-electron chi connectivity index (χ0n) is 14.6. The Morgan fingerprint density at radius 1 is 1.04 bits per heavy atom. The second kappa shape index (κ2) is 6.52. The van der Waals surface area contributed by atoms with Crippen LogP contribution in [0.25, 0.3) is 0 Å². The highest BCUT2D eigenvalue weighted by Crippen LogP contribution is 2.21. The Labute approximate surface area is 135 Å². The van der Waals surface area contributed by atoms with Gasteiger partial charge in [-0.2, -0.15) is 4.90 Å². The van der Waals surface area contributed by atoms with Crippen LogP contribution in [-0.2, 0) is 9.47 Å². The highest BCUT2D eigenvalue weighted by atomic mass is 19.1. The molecule has 2 amide bonds. The number of ether oxygens (including phenoxy) is 2. The van der Waals surface area contributed by atoms with Crippen LogP contribution in [0.1, 0.15) is 47.1 Å². The molecule has 0 unspecified atom stereocenters. The standard InChI is InChI=1S/C16H23FN2O4/c1-10-8-12(18-9-11(10)17)19(13(20)22-15(2,3)4)14(21)23-16(5,6)7/h8-9H,1-7H3. The first-order valence-electron chi connectivity index (χ1n) is 7.18. The van der Waals surface area contributed by atoms with Gasteiger partial charge >= 0.3 is 12.2 Å². The first kappa shape index (κ1) is 18.9. The number of amides is 2. The van der Waals surface area contributed by atoms with Crippen LogP contribution in [0.4, 0.5) is 19.8 Å². The van der Waals surface area contributed by atoms with Crippen molar-refractivity contribution in [3.05, 3.63) is 23.6 Å². The van der Waals surface area contributed by atoms with Crippen molar-refractivity contribution in [2.24, 2.45) is 0 Å². The average molecular weight is 326 g/mol. The number of aryl methyl sites for hydroxylation is 1. The maximum Gasteiger partial charge on any atom is 0.425 e. The van der Waals surface area contributed by atoms with Gasteiger partial charge in [-0.1, -0.05) is 0 Å². The van der Waals surface area contributed by atoms with Crippen LogP contribution < -0.4 is 4.90 Å². The first-order valence-corrected chi connectivity index (χ1v) is 7.18. The van der Waals surface area contributed by atoms with Crippen molar-refractivity contribution in [3.8, 4) is 0 Å². The van der Waals surface area contributed by atoms with E-state index in [2.05, 4.69) is 4.98 Å². The maximum absolute atomic E-state index is 13.4. The topological polar surface area (TPSA) is 68.7 Å². The smallest absolute Gasteiger partial charge is 0.425 e. The van der Waals surface area contributed by atoms with Crippen LogP contribution in [0, 0.1) is 12.7 Å². The molecule has 0 aliphatic carbocycles. The van der Waals surface area contributed by atoms with E-state index in [1.54, 1.807) is 41.5 Å². The van der Waals surface area contributed by atoms with Gasteiger partial charge in [0.1, 0.15) is 22.8 Å². The van der Waals surface area contributed by atoms with Crippen LogP contribution in [-0.4, -0.2) is 28.4 Å². The lowest BCUT2D eigenvalue weighted by atomic mass is 10.2. The average Bonchev–Trinajstić information content (AvgIpc) is 2.29. The number of pyridine rings is 1. The van der Waals surface area contributed by atoms with Crippen molar-refractivity contribution in [3.63, 3.8) is 0 Å². The Bertz CT molecular complexity index is 575. The van der Waals surface area contributed by atoms with Crippen molar-refractivity contribution < 1.29 is 23.5 Å². The normalized spacial score (nSPS) is 11.8. The van der Waals surface area contributed by atoms with Gasteiger partial charge in [0.05, 0.1) is 6.20 Å². The monoisotopic (exact) mass is 326 g/mol. The lowest BCUT2D eigenvalue weighted by Gasteiger charge is -2.28. The van der Waals surface area contributed by atoms with E-state index in [-0.39, 0.29) is 11.4 Å². The summed E-state index contributed by atoms with van der Waals surface area (Å²) < 4.78 is 23.8. The summed E-state index contributed by atoms with van der Waals surface area (Å²) in [7, 11) is 0. The van der Waals surface area contributed by atoms with Gasteiger partial charge in [-0.25, -0.2) is 19.0 Å². The lowest BCUT2D eigenvalue weighted by molar-refractivity contribution is 0.0429. The molecule has 7 heteroatoms. The molecule has 0 bridgehead atoms. The molecule has 6 nitrogen and oxygen atoms in total. The molecular weight excluding hydrogens is 303 g/mol. The Kier molecular flexibility index (Phi) is 5.35. The van der Waals surface area contributed by atoms with Crippen LogP contribution in [0.2, 0.25) is 0 Å². The molecule has 1 heterocycles. The summed E-state index contributed by atoms with van der Waals surface area (Å²) in [5, 5.41) is 0. The van der Waals surface area contributed by atoms with Crippen molar-refractivity contribution >= 4 is 18.0 Å². The van der Waals surface area contributed by atoms with Crippen molar-refractivity contribution in [2.45, 2.75) is 59.7 Å². The van der Waals surface area contributed by atoms with E-state index in [1.807, 2.05) is 0 Å². The van der Waals surface area contributed by atoms with Crippen molar-refractivity contribution in [1.29, 1.82) is 0 Å². The summed E-state index contributed by atoms with van der Waals surface area (Å²) in [6.45, 7) is 11.5. The summed E-state index contributed by atoms with van der Waals surface area (Å²) in [5.74, 6) is -0.602. The zero-order chi connectivity index (χ0) is 18.0. The second-order valence-electron chi connectivity index (χ2n) is 7.09. The highest BCUT2D eigenvalue weighted by molar-refractivity contribution is 6.08. The van der Waals surface area contributed by atoms with Gasteiger partial charge in [0.25, 0.3) is 0 Å². The van der Waals surface area contributed by atoms with Gasteiger partial charge in [0, 0.05) is 0 Å². The van der Waals surface area contributed by atoms with E-state index in [0.717, 1.165) is 6.20 Å². The molecule has 1 aromatic heterocycles. The number of hydrogen-bond donors (Lipinski definition) is 0. The summed E-state index contributed by atoms with van der Waals surface area (Å²) in [5.41, 5.74) is -1.38.